The molecule has 1 N–H and O–H groups in total. The van der Waals surface area contributed by atoms with Gasteiger partial charge in [0, 0.05) is 10.4 Å². The Bertz CT molecular complexity index is 1120. The van der Waals surface area contributed by atoms with Crippen LogP contribution in [0.25, 0.3) is 5.76 Å². The van der Waals surface area contributed by atoms with Gasteiger partial charge in [0.05, 0.1) is 25.5 Å². The number of aliphatic hydroxyl groups excluding tert-OH is 1. The average molecular weight is 421 g/mol. The zero-order valence-electron chi connectivity index (χ0n) is 16.4. The van der Waals surface area contributed by atoms with Gasteiger partial charge in [-0.05, 0) is 47.8 Å². The summed E-state index contributed by atoms with van der Waals surface area (Å²) in [6.07, 6.45) is 0. The summed E-state index contributed by atoms with van der Waals surface area (Å²) < 4.78 is 10.6. The molecule has 1 atom stereocenters. The molecule has 1 aliphatic heterocycles. The molecule has 152 valence electrons. The van der Waals surface area contributed by atoms with Crippen LogP contribution in [-0.2, 0) is 9.59 Å². The van der Waals surface area contributed by atoms with E-state index in [-0.39, 0.29) is 11.3 Å². The van der Waals surface area contributed by atoms with E-state index in [2.05, 4.69) is 0 Å². The van der Waals surface area contributed by atoms with E-state index in [0.29, 0.717) is 22.7 Å². The second-order valence-electron chi connectivity index (χ2n) is 6.58. The lowest BCUT2D eigenvalue weighted by atomic mass is 9.99. The fraction of sp³-hybridized carbons (Fsp3) is 0.130. The predicted octanol–water partition coefficient (Wildman–Crippen LogP) is 4.39. The van der Waals surface area contributed by atoms with E-state index >= 15 is 0 Å². The number of hydrogen-bond acceptors (Lipinski definition) is 6. The summed E-state index contributed by atoms with van der Waals surface area (Å²) in [5.41, 5.74) is 0.934. The third kappa shape index (κ3) is 3.23. The Morgan fingerprint density at radius 2 is 1.70 bits per heavy atom. The lowest BCUT2D eigenvalue weighted by Crippen LogP contribution is -2.29. The highest BCUT2D eigenvalue weighted by molar-refractivity contribution is 7.10. The quantitative estimate of drug-likeness (QED) is 0.376. The van der Waals surface area contributed by atoms with Crippen LogP contribution in [0.5, 0.6) is 11.5 Å². The topological polar surface area (TPSA) is 76.1 Å². The standard InChI is InChI=1S/C23H19NO5S/c1-28-15-11-9-14(10-12-15)21(25)19-20(18-8-5-13-30-18)24(23(27)22(19)26)16-6-3-4-7-17(16)29-2/h3-13,20,25H,1-2H3/b21-19-. The number of methoxy groups -OCH3 is 2. The highest BCUT2D eigenvalue weighted by Gasteiger charge is 2.48. The molecule has 2 heterocycles. The van der Waals surface area contributed by atoms with Crippen LogP contribution in [0, 0.1) is 0 Å². The monoisotopic (exact) mass is 421 g/mol. The van der Waals surface area contributed by atoms with Crippen LogP contribution in [0.1, 0.15) is 16.5 Å². The number of nitrogens with zero attached hydrogens (tertiary/aromatic N) is 1. The van der Waals surface area contributed by atoms with Crippen molar-refractivity contribution in [3.05, 3.63) is 82.1 Å². The van der Waals surface area contributed by atoms with Crippen molar-refractivity contribution >= 4 is 34.5 Å². The zero-order valence-corrected chi connectivity index (χ0v) is 17.2. The molecule has 3 aromatic rings. The van der Waals surface area contributed by atoms with Crippen LogP contribution in [0.3, 0.4) is 0 Å². The average Bonchev–Trinajstić information content (AvgIpc) is 3.40. The Balaban J connectivity index is 1.92. The van der Waals surface area contributed by atoms with Crippen molar-refractivity contribution in [3.63, 3.8) is 0 Å². The van der Waals surface area contributed by atoms with Gasteiger partial charge >= 0.3 is 0 Å². The number of ketones is 1. The minimum Gasteiger partial charge on any atom is -0.507 e. The van der Waals surface area contributed by atoms with Gasteiger partial charge in [-0.2, -0.15) is 0 Å². The molecular weight excluding hydrogens is 402 g/mol. The molecule has 6 nitrogen and oxygen atoms in total. The van der Waals surface area contributed by atoms with Crippen LogP contribution in [0.2, 0.25) is 0 Å². The maximum atomic E-state index is 13.1. The number of benzene rings is 2. The summed E-state index contributed by atoms with van der Waals surface area (Å²) in [5.74, 6) is -0.603. The number of amides is 1. The van der Waals surface area contributed by atoms with E-state index in [4.69, 9.17) is 9.47 Å². The third-order valence-corrected chi connectivity index (χ3v) is 5.89. The van der Waals surface area contributed by atoms with Gasteiger partial charge in [-0.1, -0.05) is 18.2 Å². The largest absolute Gasteiger partial charge is 0.507 e. The second kappa shape index (κ2) is 8.04. The van der Waals surface area contributed by atoms with Crippen LogP contribution in [0.15, 0.2) is 71.6 Å². The van der Waals surface area contributed by atoms with Gasteiger partial charge < -0.3 is 14.6 Å². The molecule has 0 bridgehead atoms. The number of hydrogen-bond donors (Lipinski definition) is 1. The zero-order chi connectivity index (χ0) is 21.3. The van der Waals surface area contributed by atoms with Crippen molar-refractivity contribution in [2.24, 2.45) is 0 Å². The molecule has 30 heavy (non-hydrogen) atoms. The minimum atomic E-state index is -0.761. The van der Waals surface area contributed by atoms with E-state index in [1.165, 1.54) is 23.3 Å². The van der Waals surface area contributed by atoms with Gasteiger partial charge in [0.1, 0.15) is 23.3 Å². The Hall–Kier alpha value is -3.58. The molecule has 1 aliphatic rings. The van der Waals surface area contributed by atoms with Crippen molar-refractivity contribution in [3.8, 4) is 11.5 Å². The van der Waals surface area contributed by atoms with Gasteiger partial charge in [0.15, 0.2) is 0 Å². The summed E-state index contributed by atoms with van der Waals surface area (Å²) in [7, 11) is 3.05. The number of Topliss-reactive ketones (excluding diaryl/α,β-unsaturated/α-hetero) is 1. The number of anilines is 1. The number of carbonyl (C=O) groups is 2. The van der Waals surface area contributed by atoms with Gasteiger partial charge in [-0.15, -0.1) is 11.3 Å². The molecule has 1 amide bonds. The molecule has 0 radical (unpaired) electrons. The van der Waals surface area contributed by atoms with Gasteiger partial charge in [-0.3, -0.25) is 14.5 Å². The van der Waals surface area contributed by atoms with Crippen molar-refractivity contribution < 1.29 is 24.2 Å². The third-order valence-electron chi connectivity index (χ3n) is 4.97. The smallest absolute Gasteiger partial charge is 0.300 e. The lowest BCUT2D eigenvalue weighted by Gasteiger charge is -2.25. The second-order valence-corrected chi connectivity index (χ2v) is 7.56. The van der Waals surface area contributed by atoms with Crippen molar-refractivity contribution in [2.75, 3.05) is 19.1 Å². The van der Waals surface area contributed by atoms with E-state index in [1.807, 2.05) is 17.5 Å². The molecule has 0 spiro atoms. The Morgan fingerprint density at radius 1 is 0.967 bits per heavy atom. The molecule has 2 aromatic carbocycles. The molecule has 0 aliphatic carbocycles. The number of ether oxygens (including phenoxy) is 2. The molecule has 7 heteroatoms. The molecule has 1 unspecified atom stereocenters. The molecule has 1 aromatic heterocycles. The number of thiophene rings is 1. The van der Waals surface area contributed by atoms with Crippen LogP contribution in [-0.4, -0.2) is 31.0 Å². The molecule has 1 saturated heterocycles. The highest BCUT2D eigenvalue weighted by atomic mass is 32.1. The van der Waals surface area contributed by atoms with Crippen LogP contribution >= 0.6 is 11.3 Å². The first-order valence-corrected chi connectivity index (χ1v) is 10.1. The Morgan fingerprint density at radius 3 is 2.33 bits per heavy atom. The van der Waals surface area contributed by atoms with E-state index in [0.717, 1.165) is 4.88 Å². The number of para-hydroxylation sites is 2. The SMILES string of the molecule is COc1ccc(/C(O)=C2/C(=O)C(=O)N(c3ccccc3OC)C2c2cccs2)cc1. The summed E-state index contributed by atoms with van der Waals surface area (Å²) in [5, 5.41) is 12.9. The van der Waals surface area contributed by atoms with Crippen molar-refractivity contribution in [2.45, 2.75) is 6.04 Å². The fourth-order valence-corrected chi connectivity index (χ4v) is 4.35. The number of carbonyl (C=O) groups excluding carboxylic acids is 2. The Labute approximate surface area is 177 Å². The van der Waals surface area contributed by atoms with Crippen molar-refractivity contribution in [1.82, 2.24) is 0 Å². The maximum Gasteiger partial charge on any atom is 0.300 e. The molecule has 4 rings (SSSR count). The van der Waals surface area contributed by atoms with Crippen LogP contribution < -0.4 is 14.4 Å². The minimum absolute atomic E-state index is 0.0403. The molecule has 0 saturated carbocycles. The first-order valence-electron chi connectivity index (χ1n) is 9.18. The summed E-state index contributed by atoms with van der Waals surface area (Å²) in [6, 6.07) is 16.6. The maximum absolute atomic E-state index is 13.1. The fourth-order valence-electron chi connectivity index (χ4n) is 3.53. The highest BCUT2D eigenvalue weighted by Crippen LogP contribution is 2.45. The number of aliphatic hydroxyl groups is 1. The van der Waals surface area contributed by atoms with E-state index in [1.54, 1.807) is 55.6 Å². The summed E-state index contributed by atoms with van der Waals surface area (Å²) >= 11 is 1.41. The first-order chi connectivity index (χ1) is 14.6. The summed E-state index contributed by atoms with van der Waals surface area (Å²) in [6.45, 7) is 0. The van der Waals surface area contributed by atoms with Gasteiger partial charge in [0.25, 0.3) is 11.7 Å². The first kappa shape index (κ1) is 19.7. The van der Waals surface area contributed by atoms with E-state index < -0.39 is 17.7 Å². The normalized spacial score (nSPS) is 17.9. The number of rotatable bonds is 5. The van der Waals surface area contributed by atoms with Crippen LogP contribution in [0.4, 0.5) is 5.69 Å². The van der Waals surface area contributed by atoms with E-state index in [9.17, 15) is 14.7 Å². The van der Waals surface area contributed by atoms with Crippen molar-refractivity contribution in [1.29, 1.82) is 0 Å². The molecular formula is C23H19NO5S. The molecule has 1 fully saturated rings. The lowest BCUT2D eigenvalue weighted by molar-refractivity contribution is -0.132. The summed E-state index contributed by atoms with van der Waals surface area (Å²) in [4.78, 5) is 28.3. The Kier molecular flexibility index (Phi) is 5.29. The predicted molar refractivity (Wildman–Crippen MR) is 115 cm³/mol. The van der Waals surface area contributed by atoms with Gasteiger partial charge in [-0.25, -0.2) is 0 Å². The van der Waals surface area contributed by atoms with Gasteiger partial charge in [0.2, 0.25) is 0 Å².